The van der Waals surface area contributed by atoms with Crippen molar-refractivity contribution in [1.29, 1.82) is 0 Å². The first kappa shape index (κ1) is 14.1. The average Bonchev–Trinajstić information content (AvgIpc) is 3.23. The van der Waals surface area contributed by atoms with E-state index in [2.05, 4.69) is 36.5 Å². The van der Waals surface area contributed by atoms with Gasteiger partial charge >= 0.3 is 5.97 Å². The Morgan fingerprint density at radius 3 is 2.74 bits per heavy atom. The number of carbonyl (C=O) groups is 1. The number of esters is 1. The lowest BCUT2D eigenvalue weighted by molar-refractivity contribution is -0.143. The SMILES string of the molecule is CCNC(CC(=O)OCC)c1ccccc1C1CC1. The maximum atomic E-state index is 11.7. The van der Waals surface area contributed by atoms with E-state index in [1.54, 1.807) is 0 Å². The van der Waals surface area contributed by atoms with Crippen LogP contribution in [0, 0.1) is 0 Å². The molecule has 0 heterocycles. The molecule has 1 atom stereocenters. The number of hydrogen-bond acceptors (Lipinski definition) is 3. The van der Waals surface area contributed by atoms with Crippen LogP contribution < -0.4 is 5.32 Å². The van der Waals surface area contributed by atoms with Crippen molar-refractivity contribution in [3.05, 3.63) is 35.4 Å². The highest BCUT2D eigenvalue weighted by Crippen LogP contribution is 2.43. The molecule has 0 aromatic heterocycles. The van der Waals surface area contributed by atoms with Crippen molar-refractivity contribution in [3.63, 3.8) is 0 Å². The molecule has 3 nitrogen and oxygen atoms in total. The highest BCUT2D eigenvalue weighted by molar-refractivity contribution is 5.70. The second-order valence-electron chi connectivity index (χ2n) is 5.02. The summed E-state index contributed by atoms with van der Waals surface area (Å²) in [5, 5.41) is 3.41. The van der Waals surface area contributed by atoms with Gasteiger partial charge in [-0.1, -0.05) is 31.2 Å². The summed E-state index contributed by atoms with van der Waals surface area (Å²) in [4.78, 5) is 11.7. The first-order chi connectivity index (χ1) is 9.26. The highest BCUT2D eigenvalue weighted by atomic mass is 16.5. The summed E-state index contributed by atoms with van der Waals surface area (Å²) in [6.45, 7) is 5.21. The van der Waals surface area contributed by atoms with E-state index in [1.165, 1.54) is 24.0 Å². The van der Waals surface area contributed by atoms with Gasteiger partial charge in [-0.25, -0.2) is 0 Å². The van der Waals surface area contributed by atoms with Gasteiger partial charge < -0.3 is 10.1 Å². The molecule has 19 heavy (non-hydrogen) atoms. The minimum atomic E-state index is -0.126. The Hall–Kier alpha value is -1.35. The monoisotopic (exact) mass is 261 g/mol. The van der Waals surface area contributed by atoms with E-state index in [9.17, 15) is 4.79 Å². The second-order valence-corrected chi connectivity index (χ2v) is 5.02. The molecule has 1 aliphatic rings. The van der Waals surface area contributed by atoms with Gasteiger partial charge in [0.15, 0.2) is 0 Å². The van der Waals surface area contributed by atoms with Gasteiger partial charge in [0.2, 0.25) is 0 Å². The third-order valence-corrected chi connectivity index (χ3v) is 3.52. The molecule has 1 saturated carbocycles. The van der Waals surface area contributed by atoms with E-state index < -0.39 is 0 Å². The molecule has 2 rings (SSSR count). The number of hydrogen-bond donors (Lipinski definition) is 1. The molecule has 1 aromatic carbocycles. The molecule has 0 spiro atoms. The van der Waals surface area contributed by atoms with Gasteiger partial charge in [-0.05, 0) is 43.4 Å². The fourth-order valence-corrected chi connectivity index (χ4v) is 2.52. The maximum Gasteiger partial charge on any atom is 0.307 e. The zero-order chi connectivity index (χ0) is 13.7. The molecule has 3 heteroatoms. The zero-order valence-corrected chi connectivity index (χ0v) is 11.8. The van der Waals surface area contributed by atoms with Gasteiger partial charge in [0.25, 0.3) is 0 Å². The molecule has 0 bridgehead atoms. The molecule has 0 aliphatic heterocycles. The van der Waals surface area contributed by atoms with E-state index in [0.717, 1.165) is 6.54 Å². The van der Waals surface area contributed by atoms with Gasteiger partial charge in [0.1, 0.15) is 0 Å². The Morgan fingerprint density at radius 1 is 1.37 bits per heavy atom. The molecule has 0 radical (unpaired) electrons. The van der Waals surface area contributed by atoms with Crippen molar-refractivity contribution in [2.45, 2.75) is 45.1 Å². The Bertz CT molecular complexity index is 427. The molecule has 104 valence electrons. The molecule has 0 saturated heterocycles. The standard InChI is InChI=1S/C16H23NO2/c1-3-17-15(11-16(18)19-4-2)14-8-6-5-7-13(14)12-9-10-12/h5-8,12,15,17H,3-4,9-11H2,1-2H3. The van der Waals surface area contributed by atoms with Crippen molar-refractivity contribution in [3.8, 4) is 0 Å². The highest BCUT2D eigenvalue weighted by Gasteiger charge is 2.28. The third-order valence-electron chi connectivity index (χ3n) is 3.52. The van der Waals surface area contributed by atoms with Gasteiger partial charge in [-0.15, -0.1) is 0 Å². The Labute approximate surface area is 115 Å². The maximum absolute atomic E-state index is 11.7. The van der Waals surface area contributed by atoms with Crippen LogP contribution in [0.15, 0.2) is 24.3 Å². The van der Waals surface area contributed by atoms with Crippen LogP contribution in [-0.4, -0.2) is 19.1 Å². The topological polar surface area (TPSA) is 38.3 Å². The molecule has 1 aliphatic carbocycles. The minimum absolute atomic E-state index is 0.0702. The normalized spacial score (nSPS) is 16.1. The van der Waals surface area contributed by atoms with Crippen molar-refractivity contribution in [2.24, 2.45) is 0 Å². The van der Waals surface area contributed by atoms with Crippen LogP contribution in [0.2, 0.25) is 0 Å². The summed E-state index contributed by atoms with van der Waals surface area (Å²) < 4.78 is 5.08. The van der Waals surface area contributed by atoms with E-state index in [1.807, 2.05) is 6.92 Å². The average molecular weight is 261 g/mol. The summed E-state index contributed by atoms with van der Waals surface area (Å²) in [5.74, 6) is 0.568. The summed E-state index contributed by atoms with van der Waals surface area (Å²) in [6, 6.07) is 8.55. The predicted octanol–water partition coefficient (Wildman–Crippen LogP) is 3.17. The van der Waals surface area contributed by atoms with E-state index in [-0.39, 0.29) is 12.0 Å². The zero-order valence-electron chi connectivity index (χ0n) is 11.8. The smallest absolute Gasteiger partial charge is 0.307 e. The largest absolute Gasteiger partial charge is 0.466 e. The molecule has 1 aromatic rings. The molecule has 1 fully saturated rings. The first-order valence-corrected chi connectivity index (χ1v) is 7.24. The fraction of sp³-hybridized carbons (Fsp3) is 0.562. The van der Waals surface area contributed by atoms with Crippen LogP contribution in [0.4, 0.5) is 0 Å². The van der Waals surface area contributed by atoms with E-state index in [4.69, 9.17) is 4.74 Å². The van der Waals surface area contributed by atoms with Crippen LogP contribution in [-0.2, 0) is 9.53 Å². The molecular formula is C16H23NO2. The van der Waals surface area contributed by atoms with Gasteiger partial charge in [-0.3, -0.25) is 4.79 Å². The summed E-state index contributed by atoms with van der Waals surface area (Å²) >= 11 is 0. The Morgan fingerprint density at radius 2 is 2.11 bits per heavy atom. The summed E-state index contributed by atoms with van der Waals surface area (Å²) in [7, 11) is 0. The van der Waals surface area contributed by atoms with Crippen molar-refractivity contribution in [1.82, 2.24) is 5.32 Å². The fourth-order valence-electron chi connectivity index (χ4n) is 2.52. The number of nitrogens with one attached hydrogen (secondary N) is 1. The number of rotatable bonds is 7. The van der Waals surface area contributed by atoms with Crippen molar-refractivity contribution in [2.75, 3.05) is 13.2 Å². The Balaban J connectivity index is 2.15. The number of benzene rings is 1. The quantitative estimate of drug-likeness (QED) is 0.766. The van der Waals surface area contributed by atoms with Crippen LogP contribution in [0.1, 0.15) is 56.2 Å². The van der Waals surface area contributed by atoms with Gasteiger partial charge in [-0.2, -0.15) is 0 Å². The molecule has 1 N–H and O–H groups in total. The lowest BCUT2D eigenvalue weighted by Crippen LogP contribution is -2.25. The Kier molecular flexibility index (Phi) is 4.97. The predicted molar refractivity (Wildman–Crippen MR) is 76.1 cm³/mol. The summed E-state index contributed by atoms with van der Waals surface area (Å²) in [6.07, 6.45) is 2.95. The number of ether oxygens (including phenoxy) is 1. The van der Waals surface area contributed by atoms with Crippen LogP contribution >= 0.6 is 0 Å². The van der Waals surface area contributed by atoms with E-state index >= 15 is 0 Å². The molecule has 1 unspecified atom stereocenters. The van der Waals surface area contributed by atoms with Crippen molar-refractivity contribution >= 4 is 5.97 Å². The van der Waals surface area contributed by atoms with Gasteiger partial charge in [0.05, 0.1) is 13.0 Å². The molecular weight excluding hydrogens is 238 g/mol. The van der Waals surface area contributed by atoms with Crippen LogP contribution in [0.5, 0.6) is 0 Å². The van der Waals surface area contributed by atoms with Crippen LogP contribution in [0.3, 0.4) is 0 Å². The minimum Gasteiger partial charge on any atom is -0.466 e. The van der Waals surface area contributed by atoms with Crippen LogP contribution in [0.25, 0.3) is 0 Å². The van der Waals surface area contributed by atoms with Gasteiger partial charge in [0, 0.05) is 6.04 Å². The summed E-state index contributed by atoms with van der Waals surface area (Å²) in [5.41, 5.74) is 2.66. The lowest BCUT2D eigenvalue weighted by atomic mass is 9.95. The lowest BCUT2D eigenvalue weighted by Gasteiger charge is -2.20. The molecule has 0 amide bonds. The van der Waals surface area contributed by atoms with Crippen molar-refractivity contribution < 1.29 is 9.53 Å². The van der Waals surface area contributed by atoms with E-state index in [0.29, 0.717) is 18.9 Å². The first-order valence-electron chi connectivity index (χ1n) is 7.24. The number of carbonyl (C=O) groups excluding carboxylic acids is 1. The second kappa shape index (κ2) is 6.71. The third kappa shape index (κ3) is 3.80.